The zero-order chi connectivity index (χ0) is 6.69. The molecule has 2 unspecified atom stereocenters. The fourth-order valence-electron chi connectivity index (χ4n) is 1.41. The van der Waals surface area contributed by atoms with Crippen LogP contribution in [0.15, 0.2) is 0 Å². The van der Waals surface area contributed by atoms with Gasteiger partial charge in [-0.25, -0.2) is 0 Å². The Morgan fingerprint density at radius 3 is 2.89 bits per heavy atom. The van der Waals surface area contributed by atoms with Crippen LogP contribution >= 0.6 is 0 Å². The highest BCUT2D eigenvalue weighted by molar-refractivity contribution is 4.72. The van der Waals surface area contributed by atoms with Gasteiger partial charge >= 0.3 is 0 Å². The lowest BCUT2D eigenvalue weighted by Crippen LogP contribution is -2.36. The van der Waals surface area contributed by atoms with Crippen molar-refractivity contribution in [1.29, 1.82) is 0 Å². The Bertz CT molecular complexity index is 89.7. The normalized spacial score (nSPS) is 36.7. The smallest absolute Gasteiger partial charge is 0.0471 e. The van der Waals surface area contributed by atoms with Gasteiger partial charge in [0.25, 0.3) is 0 Å². The van der Waals surface area contributed by atoms with Crippen molar-refractivity contribution < 1.29 is 6.53 Å². The lowest BCUT2D eigenvalue weighted by atomic mass is 9.93. The summed E-state index contributed by atoms with van der Waals surface area (Å²) < 4.78 is 0. The number of hydrogen-bond donors (Lipinski definition) is 2. The van der Waals surface area contributed by atoms with Gasteiger partial charge in [0.05, 0.1) is 0 Å². The highest BCUT2D eigenvalue weighted by atomic mass is 16.3. The second kappa shape index (κ2) is 3.18. The summed E-state index contributed by atoms with van der Waals surface area (Å²) in [4.78, 5) is 0. The summed E-state index contributed by atoms with van der Waals surface area (Å²) in [5.74, 6) is 1.25. The zero-order valence-electron chi connectivity index (χ0n) is 5.93. The lowest BCUT2D eigenvalue weighted by Gasteiger charge is -2.25. The van der Waals surface area contributed by atoms with Crippen molar-refractivity contribution in [2.24, 2.45) is 11.8 Å². The first-order valence-electron chi connectivity index (χ1n) is 3.64. The fourth-order valence-corrected chi connectivity index (χ4v) is 1.41. The third-order valence-electron chi connectivity index (χ3n) is 1.92. The molecule has 1 aliphatic heterocycles. The van der Waals surface area contributed by atoms with E-state index in [-0.39, 0.29) is 1.43 Å². The predicted molar refractivity (Wildman–Crippen MR) is 39.3 cm³/mol. The first-order chi connectivity index (χ1) is 4.33. The average molecular weight is 131 g/mol. The molecule has 2 N–H and O–H groups in total. The molecular formula is C7H17NO. The number of aliphatic hydroxyl groups is 1. The second-order valence-corrected chi connectivity index (χ2v) is 3.05. The van der Waals surface area contributed by atoms with Crippen molar-refractivity contribution in [1.82, 2.24) is 5.32 Å². The Labute approximate surface area is 57.8 Å². The molecule has 1 saturated heterocycles. The lowest BCUT2D eigenvalue weighted by molar-refractivity contribution is 0.177. The molecule has 2 nitrogen and oxygen atoms in total. The molecule has 1 rings (SSSR count). The van der Waals surface area contributed by atoms with Crippen LogP contribution in [0.25, 0.3) is 0 Å². The van der Waals surface area contributed by atoms with Crippen molar-refractivity contribution in [2.75, 3.05) is 19.7 Å². The van der Waals surface area contributed by atoms with Crippen LogP contribution in [0.2, 0.25) is 0 Å². The first kappa shape index (κ1) is 7.03. The Balaban J connectivity index is 0.000000810. The molecular weight excluding hydrogens is 114 g/mol. The van der Waals surface area contributed by atoms with E-state index >= 15 is 0 Å². The van der Waals surface area contributed by atoms with E-state index in [1.54, 1.807) is 0 Å². The van der Waals surface area contributed by atoms with Crippen molar-refractivity contribution in [3.05, 3.63) is 0 Å². The largest absolute Gasteiger partial charge is 0.396 e. The summed E-state index contributed by atoms with van der Waals surface area (Å²) in [6.45, 7) is 4.68. The maximum Gasteiger partial charge on any atom is 0.0471 e. The molecule has 2 atom stereocenters. The van der Waals surface area contributed by atoms with E-state index in [0.717, 1.165) is 19.0 Å². The van der Waals surface area contributed by atoms with E-state index in [1.807, 2.05) is 0 Å². The van der Waals surface area contributed by atoms with Crippen LogP contribution in [0, 0.1) is 11.8 Å². The number of aliphatic hydroxyl groups excluding tert-OH is 1. The molecule has 0 spiro atoms. The van der Waals surface area contributed by atoms with Crippen LogP contribution in [0.5, 0.6) is 0 Å². The van der Waals surface area contributed by atoms with Crippen LogP contribution in [0.4, 0.5) is 0 Å². The highest BCUT2D eigenvalue weighted by Gasteiger charge is 2.16. The minimum atomic E-state index is 0. The van der Waals surface area contributed by atoms with Crippen molar-refractivity contribution >= 4 is 0 Å². The molecule has 0 bridgehead atoms. The van der Waals surface area contributed by atoms with Crippen molar-refractivity contribution in [3.8, 4) is 0 Å². The molecule has 0 aromatic rings. The fraction of sp³-hybridized carbons (Fsp3) is 1.00. The third-order valence-corrected chi connectivity index (χ3v) is 1.92. The molecule has 0 amide bonds. The van der Waals surface area contributed by atoms with Gasteiger partial charge < -0.3 is 10.4 Å². The van der Waals surface area contributed by atoms with Gasteiger partial charge in [-0.05, 0) is 24.8 Å². The summed E-state index contributed by atoms with van der Waals surface area (Å²) in [6, 6.07) is 0. The summed E-state index contributed by atoms with van der Waals surface area (Å²) in [5, 5.41) is 12.0. The molecule has 0 saturated carbocycles. The minimum Gasteiger partial charge on any atom is -0.396 e. The topological polar surface area (TPSA) is 32.3 Å². The van der Waals surface area contributed by atoms with E-state index in [1.165, 1.54) is 6.42 Å². The second-order valence-electron chi connectivity index (χ2n) is 3.05. The van der Waals surface area contributed by atoms with Gasteiger partial charge in [-0.2, -0.15) is 0 Å². The van der Waals surface area contributed by atoms with Gasteiger partial charge in [0.15, 0.2) is 0 Å². The monoisotopic (exact) mass is 131 g/mol. The van der Waals surface area contributed by atoms with Gasteiger partial charge in [-0.1, -0.05) is 6.92 Å². The molecule has 1 fully saturated rings. The van der Waals surface area contributed by atoms with Crippen LogP contribution in [0.3, 0.4) is 0 Å². The maximum absolute atomic E-state index is 8.77. The highest BCUT2D eigenvalue weighted by Crippen LogP contribution is 2.14. The van der Waals surface area contributed by atoms with Crippen LogP contribution < -0.4 is 5.32 Å². The molecule has 56 valence electrons. The standard InChI is InChI=1S/C7H15NO.H2/c1-6-2-7(5-9)4-8-3-6;/h6-9H,2-5H2,1H3;1H. The molecule has 0 radical (unpaired) electrons. The SMILES string of the molecule is CC1CNCC(CO)C1.[HH]. The van der Waals surface area contributed by atoms with Crippen LogP contribution in [-0.2, 0) is 0 Å². The Hall–Kier alpha value is -0.0800. The van der Waals surface area contributed by atoms with Gasteiger partial charge in [0.1, 0.15) is 0 Å². The Morgan fingerprint density at radius 2 is 2.44 bits per heavy atom. The van der Waals surface area contributed by atoms with E-state index in [4.69, 9.17) is 5.11 Å². The molecule has 0 aromatic carbocycles. The Kier molecular flexibility index (Phi) is 2.49. The number of nitrogens with one attached hydrogen (secondary N) is 1. The zero-order valence-corrected chi connectivity index (χ0v) is 5.93. The van der Waals surface area contributed by atoms with Crippen LogP contribution in [0.1, 0.15) is 14.8 Å². The molecule has 0 aliphatic carbocycles. The third kappa shape index (κ3) is 1.95. The van der Waals surface area contributed by atoms with E-state index in [9.17, 15) is 0 Å². The van der Waals surface area contributed by atoms with Gasteiger partial charge in [-0.3, -0.25) is 0 Å². The average Bonchev–Trinajstić information content (AvgIpc) is 1.88. The molecule has 1 heterocycles. The van der Waals surface area contributed by atoms with Gasteiger partial charge in [-0.15, -0.1) is 0 Å². The summed E-state index contributed by atoms with van der Waals surface area (Å²) in [7, 11) is 0. The maximum atomic E-state index is 8.77. The van der Waals surface area contributed by atoms with Gasteiger partial charge in [0.2, 0.25) is 0 Å². The summed E-state index contributed by atoms with van der Waals surface area (Å²) in [5.41, 5.74) is 0. The summed E-state index contributed by atoms with van der Waals surface area (Å²) in [6.07, 6.45) is 1.18. The van der Waals surface area contributed by atoms with E-state index < -0.39 is 0 Å². The summed E-state index contributed by atoms with van der Waals surface area (Å²) >= 11 is 0. The van der Waals surface area contributed by atoms with Gasteiger partial charge in [0, 0.05) is 14.6 Å². The van der Waals surface area contributed by atoms with Crippen molar-refractivity contribution in [3.63, 3.8) is 0 Å². The molecule has 1 aliphatic rings. The molecule has 9 heavy (non-hydrogen) atoms. The Morgan fingerprint density at radius 1 is 1.67 bits per heavy atom. The number of hydrogen-bond acceptors (Lipinski definition) is 2. The van der Waals surface area contributed by atoms with E-state index in [2.05, 4.69) is 12.2 Å². The number of rotatable bonds is 1. The molecule has 0 aromatic heterocycles. The minimum absolute atomic E-state index is 0. The van der Waals surface area contributed by atoms with Crippen LogP contribution in [-0.4, -0.2) is 24.8 Å². The molecule has 2 heteroatoms. The number of piperidine rings is 1. The first-order valence-corrected chi connectivity index (χ1v) is 3.64. The van der Waals surface area contributed by atoms with Crippen molar-refractivity contribution in [2.45, 2.75) is 13.3 Å². The van der Waals surface area contributed by atoms with E-state index in [0.29, 0.717) is 12.5 Å². The predicted octanol–water partition coefficient (Wildman–Crippen LogP) is 0.470. The quantitative estimate of drug-likeness (QED) is 0.542.